The van der Waals surface area contributed by atoms with Crippen molar-refractivity contribution >= 4 is 28.2 Å². The number of nitrogens with zero attached hydrogens (tertiary/aromatic N) is 3. The van der Waals surface area contributed by atoms with Gasteiger partial charge in [0.2, 0.25) is 0 Å². The molecule has 0 saturated carbocycles. The molecule has 0 atom stereocenters. The molecule has 0 unspecified atom stereocenters. The lowest BCUT2D eigenvalue weighted by molar-refractivity contribution is 1.14. The van der Waals surface area contributed by atoms with Crippen LogP contribution in [0.4, 0.5) is 5.82 Å². The standard InChI is InChI=1S/C17H14N4/c1-18-17-12(5-4-8-20-17)9-15-13-6-2-3-7-14(13)16-10-19-11-21(15)16/h2-11H,1H3,(H,18,20)/b15-9+. The molecule has 21 heavy (non-hydrogen) atoms. The number of pyridine rings is 1. The number of imidazole rings is 1. The van der Waals surface area contributed by atoms with Gasteiger partial charge in [0.15, 0.2) is 0 Å². The van der Waals surface area contributed by atoms with Crippen LogP contribution in [-0.4, -0.2) is 21.4 Å². The SMILES string of the molecule is CNc1ncccc1/C=c1\c2ccccc2c2cncn12. The molecule has 4 nitrogen and oxygen atoms in total. The van der Waals surface area contributed by atoms with E-state index < -0.39 is 0 Å². The maximum atomic E-state index is 4.36. The minimum atomic E-state index is 0.871. The summed E-state index contributed by atoms with van der Waals surface area (Å²) in [6.07, 6.45) is 7.70. The Morgan fingerprint density at radius 2 is 1.95 bits per heavy atom. The molecule has 0 aliphatic heterocycles. The number of benzene rings is 1. The van der Waals surface area contributed by atoms with Crippen LogP contribution in [0.25, 0.3) is 22.4 Å². The number of fused-ring (bicyclic) bond motifs is 3. The molecule has 0 fully saturated rings. The molecule has 0 bridgehead atoms. The second-order valence-corrected chi connectivity index (χ2v) is 4.92. The Kier molecular flexibility index (Phi) is 2.60. The lowest BCUT2D eigenvalue weighted by Gasteiger charge is -2.02. The first kappa shape index (κ1) is 11.9. The molecule has 3 aromatic heterocycles. The summed E-state index contributed by atoms with van der Waals surface area (Å²) in [7, 11) is 1.88. The summed E-state index contributed by atoms with van der Waals surface area (Å²) in [5.74, 6) is 0.871. The van der Waals surface area contributed by atoms with E-state index in [1.165, 1.54) is 10.8 Å². The largest absolute Gasteiger partial charge is 0.373 e. The van der Waals surface area contributed by atoms with Gasteiger partial charge in [-0.3, -0.25) is 4.40 Å². The van der Waals surface area contributed by atoms with Crippen LogP contribution in [0.1, 0.15) is 5.56 Å². The first-order valence-electron chi connectivity index (χ1n) is 6.85. The first-order valence-corrected chi connectivity index (χ1v) is 6.85. The molecule has 4 aromatic rings. The highest BCUT2D eigenvalue weighted by Gasteiger charge is 2.07. The molecule has 3 heterocycles. The summed E-state index contributed by atoms with van der Waals surface area (Å²) in [4.78, 5) is 8.63. The average Bonchev–Trinajstić information content (AvgIpc) is 3.11. The lowest BCUT2D eigenvalue weighted by atomic mass is 10.1. The topological polar surface area (TPSA) is 42.2 Å². The van der Waals surface area contributed by atoms with Gasteiger partial charge in [0, 0.05) is 29.6 Å². The number of anilines is 1. The minimum absolute atomic E-state index is 0.871. The zero-order valence-corrected chi connectivity index (χ0v) is 11.6. The fourth-order valence-corrected chi connectivity index (χ4v) is 2.78. The smallest absolute Gasteiger partial charge is 0.133 e. The van der Waals surface area contributed by atoms with Crippen LogP contribution in [0.5, 0.6) is 0 Å². The highest BCUT2D eigenvalue weighted by molar-refractivity contribution is 5.98. The van der Waals surface area contributed by atoms with Crippen LogP contribution in [0.3, 0.4) is 0 Å². The van der Waals surface area contributed by atoms with Crippen molar-refractivity contribution in [2.24, 2.45) is 0 Å². The second kappa shape index (κ2) is 4.59. The highest BCUT2D eigenvalue weighted by Crippen LogP contribution is 2.19. The van der Waals surface area contributed by atoms with Gasteiger partial charge in [-0.2, -0.15) is 0 Å². The number of rotatable bonds is 2. The Morgan fingerprint density at radius 1 is 1.10 bits per heavy atom. The second-order valence-electron chi connectivity index (χ2n) is 4.92. The van der Waals surface area contributed by atoms with E-state index in [-0.39, 0.29) is 0 Å². The van der Waals surface area contributed by atoms with Gasteiger partial charge in [0.05, 0.1) is 23.4 Å². The molecule has 0 aliphatic rings. The van der Waals surface area contributed by atoms with Crippen LogP contribution in [0.2, 0.25) is 0 Å². The Labute approximate surface area is 121 Å². The minimum Gasteiger partial charge on any atom is -0.373 e. The maximum absolute atomic E-state index is 4.36. The van der Waals surface area contributed by atoms with Gasteiger partial charge in [0.1, 0.15) is 5.82 Å². The van der Waals surface area contributed by atoms with E-state index in [1.807, 2.05) is 25.6 Å². The van der Waals surface area contributed by atoms with Crippen molar-refractivity contribution in [3.63, 3.8) is 0 Å². The van der Waals surface area contributed by atoms with Crippen LogP contribution in [0, 0.1) is 0 Å². The van der Waals surface area contributed by atoms with Crippen LogP contribution < -0.4 is 10.7 Å². The van der Waals surface area contributed by atoms with Gasteiger partial charge in [-0.15, -0.1) is 0 Å². The molecule has 0 spiro atoms. The highest BCUT2D eigenvalue weighted by atomic mass is 15.0. The van der Waals surface area contributed by atoms with E-state index in [0.717, 1.165) is 22.2 Å². The van der Waals surface area contributed by atoms with Gasteiger partial charge in [-0.25, -0.2) is 9.97 Å². The van der Waals surface area contributed by atoms with E-state index in [2.05, 4.69) is 56.1 Å². The van der Waals surface area contributed by atoms with E-state index >= 15 is 0 Å². The molecule has 1 N–H and O–H groups in total. The van der Waals surface area contributed by atoms with Crippen molar-refractivity contribution < 1.29 is 0 Å². The molecule has 1 aromatic carbocycles. The van der Waals surface area contributed by atoms with Crippen LogP contribution in [-0.2, 0) is 0 Å². The molecule has 0 radical (unpaired) electrons. The zero-order valence-electron chi connectivity index (χ0n) is 11.6. The third-order valence-corrected chi connectivity index (χ3v) is 3.74. The third-order valence-electron chi connectivity index (χ3n) is 3.74. The van der Waals surface area contributed by atoms with E-state index in [0.29, 0.717) is 0 Å². The summed E-state index contributed by atoms with van der Waals surface area (Å²) in [5, 5.41) is 6.70. The summed E-state index contributed by atoms with van der Waals surface area (Å²) >= 11 is 0. The Balaban J connectivity index is 2.12. The average molecular weight is 274 g/mol. The quantitative estimate of drug-likeness (QED) is 0.610. The molecular formula is C17H14N4. The zero-order chi connectivity index (χ0) is 14.2. The van der Waals surface area contributed by atoms with E-state index in [1.54, 1.807) is 6.20 Å². The summed E-state index contributed by atoms with van der Waals surface area (Å²) in [6, 6.07) is 12.4. The predicted octanol–water partition coefficient (Wildman–Crippen LogP) is 2.47. The molecule has 4 heteroatoms. The molecule has 4 rings (SSSR count). The van der Waals surface area contributed by atoms with Crippen molar-refractivity contribution in [2.45, 2.75) is 0 Å². The third kappa shape index (κ3) is 1.76. The number of aromatic nitrogens is 3. The van der Waals surface area contributed by atoms with E-state index in [4.69, 9.17) is 0 Å². The van der Waals surface area contributed by atoms with Crippen molar-refractivity contribution in [3.05, 3.63) is 66.0 Å². The number of nitrogens with one attached hydrogen (secondary N) is 1. The molecule has 0 saturated heterocycles. The fraction of sp³-hybridized carbons (Fsp3) is 0.0588. The van der Waals surface area contributed by atoms with Crippen molar-refractivity contribution in [1.29, 1.82) is 0 Å². The van der Waals surface area contributed by atoms with E-state index in [9.17, 15) is 0 Å². The lowest BCUT2D eigenvalue weighted by Crippen LogP contribution is -2.08. The maximum Gasteiger partial charge on any atom is 0.133 e. The van der Waals surface area contributed by atoms with Gasteiger partial charge in [-0.05, 0) is 18.2 Å². The van der Waals surface area contributed by atoms with Crippen LogP contribution >= 0.6 is 0 Å². The summed E-state index contributed by atoms with van der Waals surface area (Å²) in [5.41, 5.74) is 2.19. The monoisotopic (exact) mass is 274 g/mol. The van der Waals surface area contributed by atoms with Gasteiger partial charge < -0.3 is 5.32 Å². The number of hydrogen-bond donors (Lipinski definition) is 1. The van der Waals surface area contributed by atoms with Gasteiger partial charge in [0.25, 0.3) is 0 Å². The summed E-state index contributed by atoms with van der Waals surface area (Å²) in [6.45, 7) is 0. The molecule has 0 amide bonds. The molecule has 102 valence electrons. The normalized spacial score (nSPS) is 12.3. The molecular weight excluding hydrogens is 260 g/mol. The van der Waals surface area contributed by atoms with Crippen molar-refractivity contribution in [1.82, 2.24) is 14.4 Å². The Morgan fingerprint density at radius 3 is 2.81 bits per heavy atom. The van der Waals surface area contributed by atoms with Crippen molar-refractivity contribution in [2.75, 3.05) is 12.4 Å². The first-order chi connectivity index (χ1) is 10.4. The predicted molar refractivity (Wildman–Crippen MR) is 85.3 cm³/mol. The molecule has 0 aliphatic carbocycles. The fourth-order valence-electron chi connectivity index (χ4n) is 2.78. The van der Waals surface area contributed by atoms with Gasteiger partial charge >= 0.3 is 0 Å². The number of hydrogen-bond acceptors (Lipinski definition) is 3. The summed E-state index contributed by atoms with van der Waals surface area (Å²) < 4.78 is 2.12. The van der Waals surface area contributed by atoms with Crippen molar-refractivity contribution in [3.8, 4) is 0 Å². The van der Waals surface area contributed by atoms with Crippen LogP contribution in [0.15, 0.2) is 55.1 Å². The van der Waals surface area contributed by atoms with Gasteiger partial charge in [-0.1, -0.05) is 24.3 Å². The Bertz CT molecular complexity index is 985. The Hall–Kier alpha value is -2.88.